The summed E-state index contributed by atoms with van der Waals surface area (Å²) in [5.74, 6) is 2.02. The van der Waals surface area contributed by atoms with Gasteiger partial charge in [0, 0.05) is 36.5 Å². The number of hydrogen-bond acceptors (Lipinski definition) is 11. The van der Waals surface area contributed by atoms with Gasteiger partial charge in [0.25, 0.3) is 5.69 Å². The normalized spacial score (nSPS) is 13.6. The first kappa shape index (κ1) is 26.1. The molecule has 0 atom stereocenters. The summed E-state index contributed by atoms with van der Waals surface area (Å²) in [7, 11) is 0. The van der Waals surface area contributed by atoms with E-state index in [0.717, 1.165) is 16.8 Å². The number of halogens is 1. The van der Waals surface area contributed by atoms with E-state index in [-0.39, 0.29) is 16.7 Å². The van der Waals surface area contributed by atoms with Crippen LogP contribution in [0, 0.1) is 24.0 Å². The molecule has 2 aromatic carbocycles. The van der Waals surface area contributed by atoms with E-state index >= 15 is 0 Å². The molecule has 1 aliphatic heterocycles. The lowest BCUT2D eigenvalue weighted by atomic mass is 10.1. The van der Waals surface area contributed by atoms with Crippen molar-refractivity contribution in [2.75, 3.05) is 41.9 Å². The topological polar surface area (TPSA) is 144 Å². The number of non-ortho nitro benzene ring substituents is 1. The summed E-state index contributed by atoms with van der Waals surface area (Å²) < 4.78 is 11.3. The Bertz CT molecular complexity index is 1530. The second-order valence-electron chi connectivity index (χ2n) is 8.82. The van der Waals surface area contributed by atoms with Crippen molar-refractivity contribution in [3.8, 4) is 11.3 Å². The number of aromatic nitrogens is 3. The Hall–Kier alpha value is -4.55. The third-order valence-electron chi connectivity index (χ3n) is 5.97. The van der Waals surface area contributed by atoms with Gasteiger partial charge in [-0.1, -0.05) is 23.7 Å². The first-order chi connectivity index (χ1) is 18.9. The number of hydrogen-bond donors (Lipinski definition) is 2. The van der Waals surface area contributed by atoms with E-state index in [1.165, 1.54) is 18.3 Å². The molecule has 0 aliphatic carbocycles. The molecule has 13 heteroatoms. The van der Waals surface area contributed by atoms with E-state index in [0.29, 0.717) is 55.3 Å². The zero-order chi connectivity index (χ0) is 27.4. The van der Waals surface area contributed by atoms with Gasteiger partial charge in [-0.15, -0.1) is 0 Å². The number of hydrazone groups is 1. The third kappa shape index (κ3) is 6.30. The molecule has 0 radical (unpaired) electrons. The molecular formula is C26H25ClN8O4. The molecule has 0 saturated carbocycles. The van der Waals surface area contributed by atoms with Gasteiger partial charge < -0.3 is 19.4 Å². The second kappa shape index (κ2) is 11.5. The minimum absolute atomic E-state index is 0.0958. The van der Waals surface area contributed by atoms with Gasteiger partial charge in [-0.2, -0.15) is 20.1 Å². The first-order valence-electron chi connectivity index (χ1n) is 12.1. The standard InChI is InChI=1S/C26H25ClN8O4/c1-16-3-4-17(2)22(13-16)29-24-30-25(32-26(31-24)34-9-11-38-12-10-34)33-28-15-19-6-8-23(39-19)20-7-5-18(35(36)37)14-21(20)27/h3-8,13-15H,9-12H2,1-2H3,(H2,29,30,31,32,33). The van der Waals surface area contributed by atoms with Crippen molar-refractivity contribution in [2.24, 2.45) is 5.10 Å². The number of benzene rings is 2. The second-order valence-corrected chi connectivity index (χ2v) is 9.23. The van der Waals surface area contributed by atoms with Crippen LogP contribution in [0.15, 0.2) is 58.0 Å². The Morgan fingerprint density at radius 2 is 1.85 bits per heavy atom. The van der Waals surface area contributed by atoms with Crippen molar-refractivity contribution in [3.05, 3.63) is 80.6 Å². The lowest BCUT2D eigenvalue weighted by Crippen LogP contribution is -2.37. The highest BCUT2D eigenvalue weighted by atomic mass is 35.5. The van der Waals surface area contributed by atoms with Gasteiger partial charge in [-0.25, -0.2) is 5.43 Å². The molecule has 0 unspecified atom stereocenters. The highest BCUT2D eigenvalue weighted by Gasteiger charge is 2.17. The average molecular weight is 549 g/mol. The Balaban J connectivity index is 1.35. The highest BCUT2D eigenvalue weighted by Crippen LogP contribution is 2.32. The van der Waals surface area contributed by atoms with Gasteiger partial charge in [0.15, 0.2) is 0 Å². The van der Waals surface area contributed by atoms with Crippen LogP contribution in [0.3, 0.4) is 0 Å². The summed E-state index contributed by atoms with van der Waals surface area (Å²) in [4.78, 5) is 26.1. The molecule has 4 aromatic rings. The Kier molecular flexibility index (Phi) is 7.66. The predicted octanol–water partition coefficient (Wildman–Crippen LogP) is 5.34. The summed E-state index contributed by atoms with van der Waals surface area (Å²) in [6.07, 6.45) is 1.47. The maximum Gasteiger partial charge on any atom is 0.270 e. The Morgan fingerprint density at radius 3 is 2.62 bits per heavy atom. The first-order valence-corrected chi connectivity index (χ1v) is 12.5. The lowest BCUT2D eigenvalue weighted by molar-refractivity contribution is -0.384. The monoisotopic (exact) mass is 548 g/mol. The van der Waals surface area contributed by atoms with Gasteiger partial charge in [0.2, 0.25) is 17.8 Å². The molecule has 2 N–H and O–H groups in total. The molecule has 200 valence electrons. The smallest absolute Gasteiger partial charge is 0.270 e. The minimum Gasteiger partial charge on any atom is -0.455 e. The van der Waals surface area contributed by atoms with E-state index in [9.17, 15) is 10.1 Å². The van der Waals surface area contributed by atoms with Crippen LogP contribution in [-0.2, 0) is 4.74 Å². The maximum atomic E-state index is 11.0. The van der Waals surface area contributed by atoms with Crippen molar-refractivity contribution in [1.29, 1.82) is 0 Å². The number of ether oxygens (including phenoxy) is 1. The van der Waals surface area contributed by atoms with Gasteiger partial charge >= 0.3 is 0 Å². The molecule has 0 spiro atoms. The van der Waals surface area contributed by atoms with Crippen molar-refractivity contribution >= 4 is 47.0 Å². The molecule has 2 aromatic heterocycles. The molecule has 1 aliphatic rings. The van der Waals surface area contributed by atoms with Crippen LogP contribution in [0.5, 0.6) is 0 Å². The third-order valence-corrected chi connectivity index (χ3v) is 6.28. The van der Waals surface area contributed by atoms with Gasteiger partial charge in [0.1, 0.15) is 11.5 Å². The fourth-order valence-corrected chi connectivity index (χ4v) is 4.17. The highest BCUT2D eigenvalue weighted by molar-refractivity contribution is 6.33. The number of furan rings is 1. The average Bonchev–Trinajstić information content (AvgIpc) is 3.39. The molecule has 5 rings (SSSR count). The van der Waals surface area contributed by atoms with E-state index in [4.69, 9.17) is 20.8 Å². The van der Waals surface area contributed by atoms with Crippen LogP contribution in [0.1, 0.15) is 16.9 Å². The summed E-state index contributed by atoms with van der Waals surface area (Å²) in [5, 5.41) is 18.7. The van der Waals surface area contributed by atoms with Crippen LogP contribution in [0.4, 0.5) is 29.2 Å². The molecule has 1 saturated heterocycles. The van der Waals surface area contributed by atoms with Crippen LogP contribution >= 0.6 is 11.6 Å². The van der Waals surface area contributed by atoms with Gasteiger partial charge in [0.05, 0.1) is 29.4 Å². The van der Waals surface area contributed by atoms with Crippen molar-refractivity contribution in [2.45, 2.75) is 13.8 Å². The molecule has 1 fully saturated rings. The van der Waals surface area contributed by atoms with Crippen LogP contribution in [0.25, 0.3) is 11.3 Å². The summed E-state index contributed by atoms with van der Waals surface area (Å²) in [5.41, 5.74) is 6.36. The number of nitro benzene ring substituents is 1. The zero-order valence-corrected chi connectivity index (χ0v) is 22.0. The number of rotatable bonds is 8. The number of nitrogens with zero attached hydrogens (tertiary/aromatic N) is 6. The van der Waals surface area contributed by atoms with E-state index in [1.807, 2.05) is 36.9 Å². The molecular weight excluding hydrogens is 524 g/mol. The van der Waals surface area contributed by atoms with Crippen molar-refractivity contribution in [1.82, 2.24) is 15.0 Å². The summed E-state index contributed by atoms with van der Waals surface area (Å²) in [6, 6.07) is 13.7. The number of nitrogens with one attached hydrogen (secondary N) is 2. The van der Waals surface area contributed by atoms with Crippen LogP contribution in [0.2, 0.25) is 5.02 Å². The fourth-order valence-electron chi connectivity index (χ4n) is 3.90. The molecule has 0 amide bonds. The van der Waals surface area contributed by atoms with E-state index in [1.54, 1.807) is 18.2 Å². The predicted molar refractivity (Wildman–Crippen MR) is 149 cm³/mol. The summed E-state index contributed by atoms with van der Waals surface area (Å²) >= 11 is 6.22. The zero-order valence-electron chi connectivity index (χ0n) is 21.2. The molecule has 0 bridgehead atoms. The van der Waals surface area contributed by atoms with Crippen LogP contribution in [-0.4, -0.2) is 52.4 Å². The van der Waals surface area contributed by atoms with Gasteiger partial charge in [-0.3, -0.25) is 10.1 Å². The number of morpholine rings is 1. The van der Waals surface area contributed by atoms with E-state index in [2.05, 4.69) is 30.8 Å². The largest absolute Gasteiger partial charge is 0.455 e. The SMILES string of the molecule is Cc1ccc(C)c(Nc2nc(NN=Cc3ccc(-c4ccc([N+](=O)[O-])cc4Cl)o3)nc(N3CCOCC3)n2)c1. The van der Waals surface area contributed by atoms with Crippen molar-refractivity contribution < 1.29 is 14.1 Å². The fraction of sp³-hybridized carbons (Fsp3) is 0.231. The number of aryl methyl sites for hydroxylation is 2. The number of anilines is 4. The summed E-state index contributed by atoms with van der Waals surface area (Å²) in [6.45, 7) is 6.54. The molecule has 12 nitrogen and oxygen atoms in total. The minimum atomic E-state index is -0.504. The lowest BCUT2D eigenvalue weighted by Gasteiger charge is -2.27. The molecule has 39 heavy (non-hydrogen) atoms. The van der Waals surface area contributed by atoms with E-state index < -0.39 is 4.92 Å². The quantitative estimate of drug-likeness (QED) is 0.168. The number of nitro groups is 1. The maximum absolute atomic E-state index is 11.0. The Morgan fingerprint density at radius 1 is 1.05 bits per heavy atom. The van der Waals surface area contributed by atoms with Crippen molar-refractivity contribution in [3.63, 3.8) is 0 Å². The van der Waals surface area contributed by atoms with Gasteiger partial charge in [-0.05, 0) is 49.2 Å². The molecule has 3 heterocycles. The van der Waals surface area contributed by atoms with Crippen LogP contribution < -0.4 is 15.6 Å². The Labute approximate surface area is 228 Å².